The third-order valence-electron chi connectivity index (χ3n) is 5.62. The van der Waals surface area contributed by atoms with E-state index in [-0.39, 0.29) is 22.8 Å². The molecule has 0 spiro atoms. The summed E-state index contributed by atoms with van der Waals surface area (Å²) in [7, 11) is 0. The molecule has 1 aliphatic rings. The van der Waals surface area contributed by atoms with Crippen LogP contribution in [0.15, 0.2) is 38.6 Å². The summed E-state index contributed by atoms with van der Waals surface area (Å²) < 4.78 is 5.83. The smallest absolute Gasteiger partial charge is 0.232 e. The van der Waals surface area contributed by atoms with Crippen molar-refractivity contribution in [1.29, 1.82) is 0 Å². The highest BCUT2D eigenvalue weighted by Gasteiger charge is 2.25. The Hall–Kier alpha value is -3.13. The summed E-state index contributed by atoms with van der Waals surface area (Å²) in [5.41, 5.74) is 10.3. The minimum absolute atomic E-state index is 0.113. The molecule has 0 bridgehead atoms. The molecule has 2 aromatic heterocycles. The van der Waals surface area contributed by atoms with E-state index in [0.717, 1.165) is 5.56 Å². The number of rotatable bonds is 3. The number of nitrogens with one attached hydrogen (secondary N) is 1. The van der Waals surface area contributed by atoms with Crippen LogP contribution in [0.1, 0.15) is 43.2 Å². The van der Waals surface area contributed by atoms with E-state index in [2.05, 4.69) is 22.4 Å². The SMILES string of the molecule is CC(c1ccc2oc3nc(N)c(/C(=N/N)NN)cc3c(=O)c2c1)C1CCC1. The molecule has 1 atom stereocenters. The second kappa shape index (κ2) is 6.55. The minimum Gasteiger partial charge on any atom is -0.437 e. The molecular formula is C19H22N6O2. The van der Waals surface area contributed by atoms with Crippen molar-refractivity contribution >= 4 is 33.7 Å². The number of anilines is 1. The summed E-state index contributed by atoms with van der Waals surface area (Å²) in [6.07, 6.45) is 3.77. The van der Waals surface area contributed by atoms with Crippen LogP contribution in [0, 0.1) is 5.92 Å². The Balaban J connectivity index is 1.91. The van der Waals surface area contributed by atoms with Gasteiger partial charge in [-0.15, -0.1) is 0 Å². The van der Waals surface area contributed by atoms with Crippen molar-refractivity contribution in [3.63, 3.8) is 0 Å². The van der Waals surface area contributed by atoms with Crippen molar-refractivity contribution in [2.75, 3.05) is 5.73 Å². The fourth-order valence-electron chi connectivity index (χ4n) is 3.68. The monoisotopic (exact) mass is 366 g/mol. The van der Waals surface area contributed by atoms with Crippen molar-refractivity contribution in [3.8, 4) is 0 Å². The van der Waals surface area contributed by atoms with Crippen LogP contribution in [0.4, 0.5) is 5.82 Å². The minimum atomic E-state index is -0.170. The van der Waals surface area contributed by atoms with Crippen LogP contribution in [0.25, 0.3) is 22.1 Å². The average Bonchev–Trinajstić information content (AvgIpc) is 2.62. The lowest BCUT2D eigenvalue weighted by atomic mass is 9.74. The summed E-state index contributed by atoms with van der Waals surface area (Å²) in [4.78, 5) is 17.3. The van der Waals surface area contributed by atoms with Gasteiger partial charge < -0.3 is 21.4 Å². The molecule has 8 nitrogen and oxygen atoms in total. The maximum Gasteiger partial charge on any atom is 0.232 e. The number of pyridine rings is 1. The summed E-state index contributed by atoms with van der Waals surface area (Å²) in [5.74, 6) is 12.1. The standard InChI is InChI=1S/C19H22N6O2/c1-9(10-3-2-4-10)11-5-6-15-12(7-11)16(26)13-8-14(18(24-21)25-22)17(20)23-19(13)27-15/h5-10H,2-4,21-22H2,1H3,(H2,20,23)(H,24,25). The van der Waals surface area contributed by atoms with Gasteiger partial charge in [0.1, 0.15) is 11.4 Å². The van der Waals surface area contributed by atoms with Crippen molar-refractivity contribution in [1.82, 2.24) is 10.4 Å². The van der Waals surface area contributed by atoms with Crippen molar-refractivity contribution in [2.24, 2.45) is 22.7 Å². The molecule has 27 heavy (non-hydrogen) atoms. The van der Waals surface area contributed by atoms with E-state index in [9.17, 15) is 4.79 Å². The van der Waals surface area contributed by atoms with Crippen LogP contribution in [-0.4, -0.2) is 10.8 Å². The molecule has 1 aliphatic carbocycles. The fraction of sp³-hybridized carbons (Fsp3) is 0.316. The maximum atomic E-state index is 13.1. The summed E-state index contributed by atoms with van der Waals surface area (Å²) >= 11 is 0. The molecule has 140 valence electrons. The van der Waals surface area contributed by atoms with Gasteiger partial charge in [-0.05, 0) is 48.4 Å². The Morgan fingerprint density at radius 3 is 2.74 bits per heavy atom. The number of amidine groups is 1. The van der Waals surface area contributed by atoms with Gasteiger partial charge >= 0.3 is 0 Å². The first-order chi connectivity index (χ1) is 13.0. The van der Waals surface area contributed by atoms with Gasteiger partial charge in [0.25, 0.3) is 0 Å². The topological polar surface area (TPSA) is 146 Å². The van der Waals surface area contributed by atoms with Crippen LogP contribution in [-0.2, 0) is 0 Å². The molecule has 1 saturated carbocycles. The van der Waals surface area contributed by atoms with Crippen LogP contribution in [0.3, 0.4) is 0 Å². The third-order valence-corrected chi connectivity index (χ3v) is 5.62. The molecule has 1 fully saturated rings. The quantitative estimate of drug-likeness (QED) is 0.182. The van der Waals surface area contributed by atoms with E-state index < -0.39 is 0 Å². The summed E-state index contributed by atoms with van der Waals surface area (Å²) in [6, 6.07) is 7.34. The molecule has 4 rings (SSSR count). The highest BCUT2D eigenvalue weighted by molar-refractivity contribution is 6.05. The van der Waals surface area contributed by atoms with E-state index in [4.69, 9.17) is 21.8 Å². The Morgan fingerprint density at radius 1 is 1.33 bits per heavy atom. The number of aromatic nitrogens is 1. The van der Waals surface area contributed by atoms with E-state index in [1.54, 1.807) is 6.07 Å². The van der Waals surface area contributed by atoms with Gasteiger partial charge in [-0.2, -0.15) is 10.1 Å². The van der Waals surface area contributed by atoms with E-state index >= 15 is 0 Å². The number of fused-ring (bicyclic) bond motifs is 2. The molecule has 0 radical (unpaired) electrons. The van der Waals surface area contributed by atoms with E-state index in [0.29, 0.717) is 33.8 Å². The van der Waals surface area contributed by atoms with Crippen molar-refractivity contribution in [3.05, 3.63) is 45.6 Å². The zero-order valence-corrected chi connectivity index (χ0v) is 15.0. The lowest BCUT2D eigenvalue weighted by Crippen LogP contribution is -2.33. The van der Waals surface area contributed by atoms with Crippen LogP contribution >= 0.6 is 0 Å². The molecule has 1 aromatic carbocycles. The number of hydrazone groups is 1. The Labute approximate surface area is 155 Å². The van der Waals surface area contributed by atoms with E-state index in [1.165, 1.54) is 19.3 Å². The van der Waals surface area contributed by atoms with Crippen molar-refractivity contribution in [2.45, 2.75) is 32.1 Å². The number of hydrazine groups is 1. The number of nitrogen functional groups attached to an aromatic ring is 1. The Morgan fingerprint density at radius 2 is 2.11 bits per heavy atom. The van der Waals surface area contributed by atoms with Gasteiger partial charge in [-0.1, -0.05) is 19.4 Å². The fourth-order valence-corrected chi connectivity index (χ4v) is 3.68. The molecule has 3 aromatic rings. The first kappa shape index (κ1) is 17.3. The van der Waals surface area contributed by atoms with E-state index in [1.807, 2.05) is 18.2 Å². The summed E-state index contributed by atoms with van der Waals surface area (Å²) in [6.45, 7) is 2.21. The molecule has 1 unspecified atom stereocenters. The molecule has 8 heteroatoms. The predicted molar refractivity (Wildman–Crippen MR) is 106 cm³/mol. The lowest BCUT2D eigenvalue weighted by molar-refractivity contribution is 0.272. The van der Waals surface area contributed by atoms with Crippen LogP contribution in [0.2, 0.25) is 0 Å². The van der Waals surface area contributed by atoms with Gasteiger partial charge in [-0.25, -0.2) is 5.84 Å². The Kier molecular flexibility index (Phi) is 4.19. The van der Waals surface area contributed by atoms with Crippen LogP contribution < -0.4 is 28.3 Å². The summed E-state index contributed by atoms with van der Waals surface area (Å²) in [5, 5.41) is 4.36. The molecular weight excluding hydrogens is 344 g/mol. The molecule has 0 aliphatic heterocycles. The Bertz CT molecular complexity index is 1120. The first-order valence-corrected chi connectivity index (χ1v) is 8.95. The second-order valence-electron chi connectivity index (χ2n) is 7.06. The zero-order chi connectivity index (χ0) is 19.1. The van der Waals surface area contributed by atoms with Gasteiger partial charge in [0, 0.05) is 0 Å². The number of hydrogen-bond acceptors (Lipinski definition) is 7. The largest absolute Gasteiger partial charge is 0.437 e. The number of nitrogens with two attached hydrogens (primary N) is 3. The predicted octanol–water partition coefficient (Wildman–Crippen LogP) is 1.91. The zero-order valence-electron chi connectivity index (χ0n) is 15.0. The highest BCUT2D eigenvalue weighted by Crippen LogP contribution is 2.39. The van der Waals surface area contributed by atoms with Crippen molar-refractivity contribution < 1.29 is 4.42 Å². The number of benzene rings is 1. The normalized spacial score (nSPS) is 16.4. The highest BCUT2D eigenvalue weighted by atomic mass is 16.3. The molecule has 2 heterocycles. The van der Waals surface area contributed by atoms with Crippen LogP contribution in [0.5, 0.6) is 0 Å². The second-order valence-corrected chi connectivity index (χ2v) is 7.06. The maximum absolute atomic E-state index is 13.1. The average molecular weight is 366 g/mol. The molecule has 0 amide bonds. The van der Waals surface area contributed by atoms with Gasteiger partial charge in [-0.3, -0.25) is 4.79 Å². The van der Waals surface area contributed by atoms with Gasteiger partial charge in [0.05, 0.1) is 16.3 Å². The first-order valence-electron chi connectivity index (χ1n) is 8.95. The third kappa shape index (κ3) is 2.78. The molecule has 7 N–H and O–H groups in total. The number of hydrogen-bond donors (Lipinski definition) is 4. The molecule has 0 saturated heterocycles. The number of nitrogens with zero attached hydrogens (tertiary/aromatic N) is 2. The lowest BCUT2D eigenvalue weighted by Gasteiger charge is -2.31. The van der Waals surface area contributed by atoms with Gasteiger partial charge in [0.15, 0.2) is 5.84 Å². The van der Waals surface area contributed by atoms with Gasteiger partial charge in [0.2, 0.25) is 11.1 Å².